The molecule has 27 heavy (non-hydrogen) atoms. The second kappa shape index (κ2) is 7.40. The van der Waals surface area contributed by atoms with Crippen molar-refractivity contribution in [3.8, 4) is 33.6 Å². The van der Waals surface area contributed by atoms with Crippen molar-refractivity contribution in [2.45, 2.75) is 6.61 Å². The molecule has 0 bridgehead atoms. The van der Waals surface area contributed by atoms with E-state index in [0.29, 0.717) is 5.69 Å². The van der Waals surface area contributed by atoms with Gasteiger partial charge in [0.2, 0.25) is 5.95 Å². The molecule has 0 saturated carbocycles. The lowest BCUT2D eigenvalue weighted by Gasteiger charge is -2.12. The predicted molar refractivity (Wildman–Crippen MR) is 109 cm³/mol. The third-order valence-corrected chi connectivity index (χ3v) is 4.49. The molecule has 0 spiro atoms. The summed E-state index contributed by atoms with van der Waals surface area (Å²) in [6.45, 7) is -0.0595. The molecule has 1 aromatic heterocycles. The van der Waals surface area contributed by atoms with Crippen LogP contribution in [0.5, 0.6) is 0 Å². The average molecular weight is 353 g/mol. The van der Waals surface area contributed by atoms with Gasteiger partial charge in [0.15, 0.2) is 0 Å². The lowest BCUT2D eigenvalue weighted by molar-refractivity contribution is 0.282. The largest absolute Gasteiger partial charge is 0.392 e. The fourth-order valence-corrected chi connectivity index (χ4v) is 3.23. The summed E-state index contributed by atoms with van der Waals surface area (Å²) in [5.41, 5.74) is 12.3. The monoisotopic (exact) mass is 353 g/mol. The molecule has 0 aliphatic carbocycles. The van der Waals surface area contributed by atoms with E-state index in [-0.39, 0.29) is 12.6 Å². The van der Waals surface area contributed by atoms with E-state index in [2.05, 4.69) is 28.2 Å². The molecule has 0 atom stereocenters. The lowest BCUT2D eigenvalue weighted by Crippen LogP contribution is -2.00. The molecule has 4 nitrogen and oxygen atoms in total. The van der Waals surface area contributed by atoms with Crippen LogP contribution >= 0.6 is 0 Å². The number of aromatic nitrogens is 2. The molecule has 0 radical (unpaired) electrons. The molecular weight excluding hydrogens is 334 g/mol. The van der Waals surface area contributed by atoms with Gasteiger partial charge in [0.05, 0.1) is 18.0 Å². The van der Waals surface area contributed by atoms with Gasteiger partial charge >= 0.3 is 0 Å². The van der Waals surface area contributed by atoms with Gasteiger partial charge in [0.1, 0.15) is 0 Å². The van der Waals surface area contributed by atoms with E-state index in [1.54, 1.807) is 0 Å². The first-order valence-corrected chi connectivity index (χ1v) is 8.75. The normalized spacial score (nSPS) is 10.7. The molecule has 4 heteroatoms. The minimum absolute atomic E-state index is 0.0595. The average Bonchev–Trinajstić information content (AvgIpc) is 2.74. The third-order valence-electron chi connectivity index (χ3n) is 4.49. The van der Waals surface area contributed by atoms with Crippen LogP contribution in [-0.2, 0) is 6.61 Å². The number of nitrogen functional groups attached to an aromatic ring is 1. The van der Waals surface area contributed by atoms with E-state index in [0.717, 1.165) is 33.5 Å². The maximum absolute atomic E-state index is 9.65. The number of benzene rings is 3. The Balaban J connectivity index is 1.89. The SMILES string of the molecule is Nc1nc(-c2ccccc2CO)cc(-c2ccccc2-c2ccccc2)n1. The summed E-state index contributed by atoms with van der Waals surface area (Å²) in [6.07, 6.45) is 0. The Hall–Kier alpha value is -3.50. The molecule has 3 aromatic carbocycles. The predicted octanol–water partition coefficient (Wildman–Crippen LogP) is 4.55. The Morgan fingerprint density at radius 1 is 0.667 bits per heavy atom. The second-order valence-electron chi connectivity index (χ2n) is 6.22. The topological polar surface area (TPSA) is 72.0 Å². The smallest absolute Gasteiger partial charge is 0.221 e. The number of hydrogen-bond donors (Lipinski definition) is 2. The van der Waals surface area contributed by atoms with Crippen LogP contribution in [0, 0.1) is 0 Å². The molecule has 4 rings (SSSR count). The molecule has 0 fully saturated rings. The molecule has 132 valence electrons. The minimum Gasteiger partial charge on any atom is -0.392 e. The van der Waals surface area contributed by atoms with Gasteiger partial charge in [0, 0.05) is 11.1 Å². The maximum Gasteiger partial charge on any atom is 0.221 e. The summed E-state index contributed by atoms with van der Waals surface area (Å²) in [5, 5.41) is 9.65. The van der Waals surface area contributed by atoms with Gasteiger partial charge in [-0.25, -0.2) is 9.97 Å². The van der Waals surface area contributed by atoms with Crippen molar-refractivity contribution in [1.82, 2.24) is 9.97 Å². The Labute approximate surface area is 158 Å². The van der Waals surface area contributed by atoms with Crippen LogP contribution in [0.25, 0.3) is 33.6 Å². The first-order chi connectivity index (χ1) is 13.3. The molecule has 0 amide bonds. The lowest BCUT2D eigenvalue weighted by atomic mass is 9.96. The quantitative estimate of drug-likeness (QED) is 0.564. The van der Waals surface area contributed by atoms with Crippen molar-refractivity contribution in [3.05, 3.63) is 90.5 Å². The van der Waals surface area contributed by atoms with Crippen molar-refractivity contribution in [2.24, 2.45) is 0 Å². The number of aliphatic hydroxyl groups excluding tert-OH is 1. The Morgan fingerprint density at radius 3 is 1.93 bits per heavy atom. The van der Waals surface area contributed by atoms with E-state index in [1.807, 2.05) is 66.7 Å². The van der Waals surface area contributed by atoms with Crippen molar-refractivity contribution < 1.29 is 5.11 Å². The van der Waals surface area contributed by atoms with E-state index in [1.165, 1.54) is 0 Å². The van der Waals surface area contributed by atoms with E-state index in [9.17, 15) is 5.11 Å². The summed E-state index contributed by atoms with van der Waals surface area (Å²) in [6, 6.07) is 27.8. The van der Waals surface area contributed by atoms with Crippen LogP contribution in [-0.4, -0.2) is 15.1 Å². The Bertz CT molecular complexity index is 1080. The van der Waals surface area contributed by atoms with Gasteiger partial charge in [0.25, 0.3) is 0 Å². The number of rotatable bonds is 4. The highest BCUT2D eigenvalue weighted by atomic mass is 16.3. The number of nitrogens with two attached hydrogens (primary N) is 1. The van der Waals surface area contributed by atoms with Crippen LogP contribution < -0.4 is 5.73 Å². The Morgan fingerprint density at radius 2 is 1.22 bits per heavy atom. The number of nitrogens with zero attached hydrogens (tertiary/aromatic N) is 2. The molecule has 0 unspecified atom stereocenters. The second-order valence-corrected chi connectivity index (χ2v) is 6.22. The van der Waals surface area contributed by atoms with E-state index in [4.69, 9.17) is 5.73 Å². The molecule has 1 heterocycles. The number of aliphatic hydroxyl groups is 1. The molecule has 0 aliphatic heterocycles. The van der Waals surface area contributed by atoms with Crippen LogP contribution in [0.4, 0.5) is 5.95 Å². The van der Waals surface area contributed by atoms with Crippen LogP contribution in [0.15, 0.2) is 84.9 Å². The van der Waals surface area contributed by atoms with Gasteiger partial charge in [-0.05, 0) is 22.8 Å². The molecular formula is C23H19N3O. The minimum atomic E-state index is -0.0595. The van der Waals surface area contributed by atoms with Crippen molar-refractivity contribution in [3.63, 3.8) is 0 Å². The van der Waals surface area contributed by atoms with Crippen molar-refractivity contribution in [2.75, 3.05) is 5.73 Å². The fourth-order valence-electron chi connectivity index (χ4n) is 3.23. The zero-order valence-electron chi connectivity index (χ0n) is 14.7. The summed E-state index contributed by atoms with van der Waals surface area (Å²) in [4.78, 5) is 8.87. The van der Waals surface area contributed by atoms with Crippen molar-refractivity contribution >= 4 is 5.95 Å². The summed E-state index contributed by atoms with van der Waals surface area (Å²) < 4.78 is 0. The molecule has 4 aromatic rings. The Kier molecular flexibility index (Phi) is 4.64. The fraction of sp³-hybridized carbons (Fsp3) is 0.0435. The van der Waals surface area contributed by atoms with Crippen LogP contribution in [0.2, 0.25) is 0 Å². The molecule has 3 N–H and O–H groups in total. The highest BCUT2D eigenvalue weighted by Crippen LogP contribution is 2.33. The van der Waals surface area contributed by atoms with Crippen molar-refractivity contribution in [1.29, 1.82) is 0 Å². The number of hydrogen-bond acceptors (Lipinski definition) is 4. The van der Waals surface area contributed by atoms with Gasteiger partial charge < -0.3 is 10.8 Å². The number of anilines is 1. The van der Waals surface area contributed by atoms with Gasteiger partial charge in [-0.3, -0.25) is 0 Å². The van der Waals surface area contributed by atoms with Crippen LogP contribution in [0.3, 0.4) is 0 Å². The van der Waals surface area contributed by atoms with E-state index < -0.39 is 0 Å². The molecule has 0 aliphatic rings. The highest BCUT2D eigenvalue weighted by Gasteiger charge is 2.13. The zero-order chi connectivity index (χ0) is 18.6. The van der Waals surface area contributed by atoms with E-state index >= 15 is 0 Å². The third kappa shape index (κ3) is 3.43. The van der Waals surface area contributed by atoms with Gasteiger partial charge in [-0.2, -0.15) is 0 Å². The first kappa shape index (κ1) is 16.9. The summed E-state index contributed by atoms with van der Waals surface area (Å²) in [5.74, 6) is 0.207. The first-order valence-electron chi connectivity index (χ1n) is 8.75. The zero-order valence-corrected chi connectivity index (χ0v) is 14.7. The van der Waals surface area contributed by atoms with Gasteiger partial charge in [-0.1, -0.05) is 78.9 Å². The van der Waals surface area contributed by atoms with Gasteiger partial charge in [-0.15, -0.1) is 0 Å². The molecule has 0 saturated heterocycles. The summed E-state index contributed by atoms with van der Waals surface area (Å²) >= 11 is 0. The maximum atomic E-state index is 9.65. The summed E-state index contributed by atoms with van der Waals surface area (Å²) in [7, 11) is 0. The highest BCUT2D eigenvalue weighted by molar-refractivity contribution is 5.83. The van der Waals surface area contributed by atoms with Crippen LogP contribution in [0.1, 0.15) is 5.56 Å². The standard InChI is InChI=1S/C23H19N3O/c24-23-25-21(19-12-5-4-10-17(19)15-27)14-22(26-23)20-13-7-6-11-18(20)16-8-2-1-3-9-16/h1-14,27H,15H2,(H2,24,25,26).